The number of hydrogen-bond donors (Lipinski definition) is 0. The van der Waals surface area contributed by atoms with Crippen LogP contribution in [0.2, 0.25) is 0 Å². The molecule has 1 aliphatic heterocycles. The van der Waals surface area contributed by atoms with E-state index >= 15 is 0 Å². The van der Waals surface area contributed by atoms with Crippen LogP contribution in [0.4, 0.5) is 0 Å². The zero-order chi connectivity index (χ0) is 19.2. The fourth-order valence-electron chi connectivity index (χ4n) is 3.39. The van der Waals surface area contributed by atoms with Crippen molar-refractivity contribution in [1.29, 1.82) is 0 Å². The highest BCUT2D eigenvalue weighted by Crippen LogP contribution is 2.08. The standard InChI is InChI=1S/C20H31N5OS/c1-4-24-19(27-25(17(2)3)20(24)26)21-10-11-22-12-14-23(15-13-22)16-18-8-6-5-7-9-18/h5-9,17H,4,10-16H2,1-3H3. The second kappa shape index (κ2) is 9.48. The van der Waals surface area contributed by atoms with Crippen LogP contribution in [0, 0.1) is 0 Å². The van der Waals surface area contributed by atoms with E-state index in [-0.39, 0.29) is 11.7 Å². The lowest BCUT2D eigenvalue weighted by Crippen LogP contribution is -2.46. The molecule has 0 unspecified atom stereocenters. The molecule has 1 aromatic carbocycles. The van der Waals surface area contributed by atoms with Crippen molar-refractivity contribution in [2.45, 2.75) is 39.9 Å². The van der Waals surface area contributed by atoms with Gasteiger partial charge in [-0.25, -0.2) is 8.75 Å². The van der Waals surface area contributed by atoms with E-state index in [1.54, 1.807) is 4.57 Å². The Morgan fingerprint density at radius 1 is 1.07 bits per heavy atom. The van der Waals surface area contributed by atoms with Crippen LogP contribution in [0.1, 0.15) is 32.4 Å². The highest BCUT2D eigenvalue weighted by molar-refractivity contribution is 7.03. The van der Waals surface area contributed by atoms with Gasteiger partial charge in [-0.05, 0) is 37.9 Å². The first-order valence-electron chi connectivity index (χ1n) is 9.90. The molecule has 0 amide bonds. The Morgan fingerprint density at radius 3 is 2.37 bits per heavy atom. The Morgan fingerprint density at radius 2 is 1.74 bits per heavy atom. The van der Waals surface area contributed by atoms with Crippen molar-refractivity contribution in [1.82, 2.24) is 18.3 Å². The zero-order valence-electron chi connectivity index (χ0n) is 16.7. The van der Waals surface area contributed by atoms with Gasteiger partial charge >= 0.3 is 5.69 Å². The van der Waals surface area contributed by atoms with Crippen molar-refractivity contribution in [3.05, 3.63) is 51.2 Å². The monoisotopic (exact) mass is 389 g/mol. The van der Waals surface area contributed by atoms with Crippen molar-refractivity contribution >= 4 is 11.5 Å². The van der Waals surface area contributed by atoms with E-state index < -0.39 is 0 Å². The third kappa shape index (κ3) is 5.18. The molecule has 0 spiro atoms. The summed E-state index contributed by atoms with van der Waals surface area (Å²) in [5.74, 6) is 0. The average molecular weight is 390 g/mol. The van der Waals surface area contributed by atoms with Crippen molar-refractivity contribution in [2.75, 3.05) is 39.3 Å². The van der Waals surface area contributed by atoms with Crippen LogP contribution in [0.3, 0.4) is 0 Å². The maximum atomic E-state index is 12.4. The Balaban J connectivity index is 1.51. The van der Waals surface area contributed by atoms with Gasteiger partial charge in [0.05, 0.1) is 6.54 Å². The van der Waals surface area contributed by atoms with Crippen LogP contribution in [-0.4, -0.2) is 57.6 Å². The molecule has 7 heteroatoms. The summed E-state index contributed by atoms with van der Waals surface area (Å²) < 4.78 is 3.59. The minimum absolute atomic E-state index is 0.0609. The van der Waals surface area contributed by atoms with Gasteiger partial charge in [-0.1, -0.05) is 30.3 Å². The van der Waals surface area contributed by atoms with Crippen LogP contribution in [0.25, 0.3) is 0 Å². The van der Waals surface area contributed by atoms with Gasteiger partial charge in [0.2, 0.25) is 4.80 Å². The predicted molar refractivity (Wildman–Crippen MR) is 111 cm³/mol. The highest BCUT2D eigenvalue weighted by Gasteiger charge is 2.16. The fraction of sp³-hybridized carbons (Fsp3) is 0.600. The van der Waals surface area contributed by atoms with Gasteiger partial charge in [-0.15, -0.1) is 0 Å². The van der Waals surface area contributed by atoms with Crippen molar-refractivity contribution in [2.24, 2.45) is 4.99 Å². The van der Waals surface area contributed by atoms with Crippen LogP contribution >= 0.6 is 11.5 Å². The van der Waals surface area contributed by atoms with Crippen LogP contribution < -0.4 is 10.5 Å². The number of benzene rings is 1. The maximum absolute atomic E-state index is 12.4. The van der Waals surface area contributed by atoms with Gasteiger partial charge in [0.15, 0.2) is 0 Å². The van der Waals surface area contributed by atoms with E-state index in [1.807, 2.05) is 24.7 Å². The summed E-state index contributed by atoms with van der Waals surface area (Å²) in [5, 5.41) is 0. The average Bonchev–Trinajstić information content (AvgIpc) is 3.00. The summed E-state index contributed by atoms with van der Waals surface area (Å²) in [7, 11) is 0. The molecule has 2 aromatic rings. The molecule has 2 heterocycles. The second-order valence-electron chi connectivity index (χ2n) is 7.31. The first-order valence-corrected chi connectivity index (χ1v) is 10.7. The molecule has 1 saturated heterocycles. The lowest BCUT2D eigenvalue weighted by atomic mass is 10.2. The summed E-state index contributed by atoms with van der Waals surface area (Å²) in [5.41, 5.74) is 1.44. The SMILES string of the molecule is CCn1c(=NCCN2CCN(Cc3ccccc3)CC2)sn(C(C)C)c1=O. The molecule has 0 saturated carbocycles. The summed E-state index contributed by atoms with van der Waals surface area (Å²) >= 11 is 1.48. The van der Waals surface area contributed by atoms with Gasteiger partial charge < -0.3 is 0 Å². The third-order valence-corrected chi connectivity index (χ3v) is 6.28. The number of nitrogens with zero attached hydrogens (tertiary/aromatic N) is 5. The van der Waals surface area contributed by atoms with Gasteiger partial charge in [0.1, 0.15) is 0 Å². The molecule has 0 atom stereocenters. The van der Waals surface area contributed by atoms with E-state index in [0.29, 0.717) is 6.54 Å². The van der Waals surface area contributed by atoms with E-state index in [0.717, 1.165) is 50.6 Å². The summed E-state index contributed by atoms with van der Waals surface area (Å²) in [6.07, 6.45) is 0. The zero-order valence-corrected chi connectivity index (χ0v) is 17.5. The molecule has 0 N–H and O–H groups in total. The highest BCUT2D eigenvalue weighted by atomic mass is 32.1. The van der Waals surface area contributed by atoms with Crippen LogP contribution in [-0.2, 0) is 13.1 Å². The molecular weight excluding hydrogens is 358 g/mol. The van der Waals surface area contributed by atoms with Crippen molar-refractivity contribution in [3.8, 4) is 0 Å². The molecule has 148 valence electrons. The number of aromatic nitrogens is 2. The number of rotatable bonds is 7. The molecule has 27 heavy (non-hydrogen) atoms. The van der Waals surface area contributed by atoms with E-state index in [4.69, 9.17) is 4.99 Å². The molecule has 1 aromatic heterocycles. The summed E-state index contributed by atoms with van der Waals surface area (Å²) in [6.45, 7) is 13.9. The normalized spacial score (nSPS) is 17.1. The number of hydrogen-bond acceptors (Lipinski definition) is 5. The molecule has 6 nitrogen and oxygen atoms in total. The van der Waals surface area contributed by atoms with Gasteiger partial charge in [-0.2, -0.15) is 0 Å². The van der Waals surface area contributed by atoms with Crippen molar-refractivity contribution in [3.63, 3.8) is 0 Å². The molecular formula is C20H31N5OS. The Bertz CT molecular complexity index is 828. The Labute approximate surface area is 165 Å². The molecule has 0 aliphatic carbocycles. The molecule has 1 aliphatic rings. The fourth-order valence-corrected chi connectivity index (χ4v) is 4.41. The Kier molecular flexibility index (Phi) is 7.04. The van der Waals surface area contributed by atoms with Crippen molar-refractivity contribution < 1.29 is 0 Å². The first-order chi connectivity index (χ1) is 13.1. The smallest absolute Gasteiger partial charge is 0.299 e. The summed E-state index contributed by atoms with van der Waals surface area (Å²) in [4.78, 5) is 22.9. The van der Waals surface area contributed by atoms with Gasteiger partial charge in [-0.3, -0.25) is 19.4 Å². The lowest BCUT2D eigenvalue weighted by Gasteiger charge is -2.34. The quantitative estimate of drug-likeness (QED) is 0.728. The maximum Gasteiger partial charge on any atom is 0.340 e. The summed E-state index contributed by atoms with van der Waals surface area (Å²) in [6, 6.07) is 10.9. The third-order valence-electron chi connectivity index (χ3n) is 4.99. The minimum atomic E-state index is 0.0609. The lowest BCUT2D eigenvalue weighted by molar-refractivity contribution is 0.129. The first kappa shape index (κ1) is 20.0. The van der Waals surface area contributed by atoms with E-state index in [9.17, 15) is 4.79 Å². The van der Waals surface area contributed by atoms with E-state index in [2.05, 4.69) is 40.1 Å². The molecule has 3 rings (SSSR count). The number of piperazine rings is 1. The second-order valence-corrected chi connectivity index (χ2v) is 8.25. The minimum Gasteiger partial charge on any atom is -0.299 e. The molecule has 1 fully saturated rings. The molecule has 0 radical (unpaired) electrons. The Hall–Kier alpha value is -1.70. The van der Waals surface area contributed by atoms with E-state index in [1.165, 1.54) is 17.1 Å². The predicted octanol–water partition coefficient (Wildman–Crippen LogP) is 2.03. The van der Waals surface area contributed by atoms with Crippen LogP contribution in [0.5, 0.6) is 0 Å². The van der Waals surface area contributed by atoms with Gasteiger partial charge in [0, 0.05) is 51.9 Å². The van der Waals surface area contributed by atoms with Gasteiger partial charge in [0.25, 0.3) is 0 Å². The topological polar surface area (TPSA) is 45.8 Å². The largest absolute Gasteiger partial charge is 0.340 e. The van der Waals surface area contributed by atoms with Crippen LogP contribution in [0.15, 0.2) is 40.1 Å². The molecule has 0 bridgehead atoms.